The normalized spacial score (nSPS) is 10.6. The molecule has 2 aromatic rings. The van der Waals surface area contributed by atoms with Gasteiger partial charge in [-0.25, -0.2) is 4.39 Å². The van der Waals surface area contributed by atoms with Gasteiger partial charge in [0.25, 0.3) is 0 Å². The first-order valence-electron chi connectivity index (χ1n) is 6.70. The van der Waals surface area contributed by atoms with Crippen molar-refractivity contribution in [3.63, 3.8) is 0 Å². The van der Waals surface area contributed by atoms with Crippen molar-refractivity contribution in [1.29, 1.82) is 0 Å². The number of rotatable bonds is 5. The van der Waals surface area contributed by atoms with Crippen LogP contribution in [0.2, 0.25) is 5.02 Å². The molecule has 6 heteroatoms. The Bertz CT molecular complexity index is 726. The summed E-state index contributed by atoms with van der Waals surface area (Å²) in [6.45, 7) is 0. The summed E-state index contributed by atoms with van der Waals surface area (Å²) in [4.78, 5) is 12.0. The van der Waals surface area contributed by atoms with Gasteiger partial charge in [-0.15, -0.1) is 0 Å². The Balaban J connectivity index is 2.15. The number of hydrogen-bond acceptors (Lipinski definition) is 3. The van der Waals surface area contributed by atoms with Crippen molar-refractivity contribution in [3.05, 3.63) is 58.9 Å². The Kier molecular flexibility index (Phi) is 5.60. The number of methoxy groups -OCH3 is 2. The van der Waals surface area contributed by atoms with Crippen molar-refractivity contribution in [2.75, 3.05) is 19.5 Å². The molecule has 0 unspecified atom stereocenters. The highest BCUT2D eigenvalue weighted by atomic mass is 35.5. The molecule has 1 N–H and O–H groups in total. The zero-order valence-corrected chi connectivity index (χ0v) is 13.4. The Hall–Kier alpha value is -2.53. The van der Waals surface area contributed by atoms with E-state index >= 15 is 0 Å². The van der Waals surface area contributed by atoms with Crippen LogP contribution in [0.3, 0.4) is 0 Å². The second-order valence-corrected chi connectivity index (χ2v) is 4.93. The Morgan fingerprint density at radius 2 is 2.00 bits per heavy atom. The van der Waals surface area contributed by atoms with Crippen molar-refractivity contribution in [1.82, 2.24) is 0 Å². The number of hydrogen-bond donors (Lipinski definition) is 1. The number of ether oxygens (including phenoxy) is 2. The molecule has 4 nitrogen and oxygen atoms in total. The molecule has 120 valence electrons. The van der Waals surface area contributed by atoms with Gasteiger partial charge in [-0.2, -0.15) is 0 Å². The van der Waals surface area contributed by atoms with Crippen molar-refractivity contribution >= 4 is 29.3 Å². The molecule has 2 rings (SSSR count). The lowest BCUT2D eigenvalue weighted by atomic mass is 10.2. The van der Waals surface area contributed by atoms with Crippen molar-refractivity contribution in [2.45, 2.75) is 0 Å². The fraction of sp³-hybridized carbons (Fsp3) is 0.118. The Morgan fingerprint density at radius 1 is 1.22 bits per heavy atom. The molecule has 0 aliphatic carbocycles. The van der Waals surface area contributed by atoms with Gasteiger partial charge in [0.05, 0.1) is 24.9 Å². The molecule has 0 aromatic heterocycles. The van der Waals surface area contributed by atoms with E-state index < -0.39 is 11.7 Å². The molecule has 0 saturated heterocycles. The van der Waals surface area contributed by atoms with E-state index in [1.807, 2.05) is 0 Å². The van der Waals surface area contributed by atoms with E-state index in [4.69, 9.17) is 21.1 Å². The topological polar surface area (TPSA) is 47.6 Å². The van der Waals surface area contributed by atoms with Crippen molar-refractivity contribution < 1.29 is 18.7 Å². The van der Waals surface area contributed by atoms with Crippen LogP contribution >= 0.6 is 11.6 Å². The maximum Gasteiger partial charge on any atom is 0.248 e. The highest BCUT2D eigenvalue weighted by Gasteiger charge is 2.08. The summed E-state index contributed by atoms with van der Waals surface area (Å²) in [5.74, 6) is 0.125. The van der Waals surface area contributed by atoms with E-state index in [-0.39, 0.29) is 10.6 Å². The smallest absolute Gasteiger partial charge is 0.248 e. The minimum absolute atomic E-state index is 0.158. The number of carbonyl (C=O) groups is 1. The molecule has 0 spiro atoms. The SMILES string of the molecule is COc1ccc(NC(=O)C=Cc2c(F)cccc2Cl)c(OC)c1. The molecule has 0 aliphatic heterocycles. The minimum atomic E-state index is -0.497. The van der Waals surface area contributed by atoms with Gasteiger partial charge >= 0.3 is 0 Å². The number of halogens is 2. The molecule has 0 fully saturated rings. The van der Waals surface area contributed by atoms with Gasteiger partial charge in [0.1, 0.15) is 17.3 Å². The molecule has 23 heavy (non-hydrogen) atoms. The number of carbonyl (C=O) groups excluding carboxylic acids is 1. The number of benzene rings is 2. The van der Waals surface area contributed by atoms with Gasteiger partial charge in [-0.3, -0.25) is 4.79 Å². The average molecular weight is 336 g/mol. The largest absolute Gasteiger partial charge is 0.497 e. The van der Waals surface area contributed by atoms with Crippen LogP contribution in [0.5, 0.6) is 11.5 Å². The molecule has 0 bridgehead atoms. The van der Waals surface area contributed by atoms with Crippen LogP contribution in [0.25, 0.3) is 6.08 Å². The van der Waals surface area contributed by atoms with Crippen LogP contribution in [0.4, 0.5) is 10.1 Å². The van der Waals surface area contributed by atoms with Crippen LogP contribution in [0, 0.1) is 5.82 Å². The van der Waals surface area contributed by atoms with Crippen molar-refractivity contribution in [2.24, 2.45) is 0 Å². The second-order valence-electron chi connectivity index (χ2n) is 4.52. The first-order valence-corrected chi connectivity index (χ1v) is 7.08. The summed E-state index contributed by atoms with van der Waals surface area (Å²) in [7, 11) is 3.02. The Morgan fingerprint density at radius 3 is 2.65 bits per heavy atom. The van der Waals surface area contributed by atoms with Crippen LogP contribution in [0.15, 0.2) is 42.5 Å². The van der Waals surface area contributed by atoms with E-state index in [9.17, 15) is 9.18 Å². The summed E-state index contributed by atoms with van der Waals surface area (Å²) in [6, 6.07) is 9.31. The molecule has 0 aliphatic rings. The second kappa shape index (κ2) is 7.65. The molecule has 0 radical (unpaired) electrons. The van der Waals surface area contributed by atoms with Crippen molar-refractivity contribution in [3.8, 4) is 11.5 Å². The molecule has 0 saturated carbocycles. The summed E-state index contributed by atoms with van der Waals surface area (Å²) in [6.07, 6.45) is 2.52. The standard InChI is InChI=1S/C17H15ClFNO3/c1-22-11-6-8-15(16(10-11)23-2)20-17(21)9-7-12-13(18)4-3-5-14(12)19/h3-10H,1-2H3,(H,20,21). The fourth-order valence-electron chi connectivity index (χ4n) is 1.91. The first-order chi connectivity index (χ1) is 11.0. The maximum atomic E-state index is 13.6. The number of anilines is 1. The van der Waals surface area contributed by atoms with Crippen LogP contribution in [-0.2, 0) is 4.79 Å². The van der Waals surface area contributed by atoms with E-state index in [1.54, 1.807) is 24.3 Å². The van der Waals surface area contributed by atoms with E-state index in [2.05, 4.69) is 5.32 Å². The number of nitrogens with one attached hydrogen (secondary N) is 1. The third kappa shape index (κ3) is 4.23. The molecule has 1 amide bonds. The lowest BCUT2D eigenvalue weighted by Gasteiger charge is -2.10. The van der Waals surface area contributed by atoms with Crippen LogP contribution in [-0.4, -0.2) is 20.1 Å². The zero-order valence-electron chi connectivity index (χ0n) is 12.6. The van der Waals surface area contributed by atoms with Crippen LogP contribution in [0.1, 0.15) is 5.56 Å². The predicted octanol–water partition coefficient (Wildman–Crippen LogP) is 4.15. The quantitative estimate of drug-likeness (QED) is 0.835. The van der Waals surface area contributed by atoms with Gasteiger partial charge in [0, 0.05) is 17.7 Å². The maximum absolute atomic E-state index is 13.6. The molecule has 0 heterocycles. The highest BCUT2D eigenvalue weighted by molar-refractivity contribution is 6.32. The monoisotopic (exact) mass is 335 g/mol. The molecule has 0 atom stereocenters. The zero-order chi connectivity index (χ0) is 16.8. The van der Waals surface area contributed by atoms with Gasteiger partial charge in [-0.05, 0) is 30.3 Å². The molecular formula is C17H15ClFNO3. The van der Waals surface area contributed by atoms with E-state index in [1.165, 1.54) is 38.5 Å². The fourth-order valence-corrected chi connectivity index (χ4v) is 2.13. The van der Waals surface area contributed by atoms with Gasteiger partial charge in [0.15, 0.2) is 0 Å². The average Bonchev–Trinajstić information content (AvgIpc) is 2.54. The van der Waals surface area contributed by atoms with E-state index in [0.717, 1.165) is 0 Å². The third-order valence-corrected chi connectivity index (χ3v) is 3.40. The van der Waals surface area contributed by atoms with Crippen LogP contribution < -0.4 is 14.8 Å². The summed E-state index contributed by atoms with van der Waals surface area (Å²) in [5, 5.41) is 2.88. The lowest BCUT2D eigenvalue weighted by Crippen LogP contribution is -2.09. The Labute approximate surface area is 138 Å². The minimum Gasteiger partial charge on any atom is -0.497 e. The lowest BCUT2D eigenvalue weighted by molar-refractivity contribution is -0.111. The van der Waals surface area contributed by atoms with Gasteiger partial charge in [0.2, 0.25) is 5.91 Å². The van der Waals surface area contributed by atoms with E-state index in [0.29, 0.717) is 17.2 Å². The highest BCUT2D eigenvalue weighted by Crippen LogP contribution is 2.29. The predicted molar refractivity (Wildman–Crippen MR) is 88.6 cm³/mol. The molecular weight excluding hydrogens is 321 g/mol. The third-order valence-electron chi connectivity index (χ3n) is 3.07. The summed E-state index contributed by atoms with van der Waals surface area (Å²) < 4.78 is 23.9. The summed E-state index contributed by atoms with van der Waals surface area (Å²) in [5.41, 5.74) is 0.633. The first kappa shape index (κ1) is 16.8. The van der Waals surface area contributed by atoms with Gasteiger partial charge < -0.3 is 14.8 Å². The number of amides is 1. The van der Waals surface area contributed by atoms with Gasteiger partial charge in [-0.1, -0.05) is 17.7 Å². The summed E-state index contributed by atoms with van der Waals surface area (Å²) >= 11 is 5.90. The molecule has 2 aromatic carbocycles.